The Morgan fingerprint density at radius 1 is 1.39 bits per heavy atom. The molecule has 0 aliphatic carbocycles. The zero-order chi connectivity index (χ0) is 13.3. The molecule has 1 saturated heterocycles. The molecule has 1 amide bonds. The summed E-state index contributed by atoms with van der Waals surface area (Å²) in [4.78, 5) is 14.6. The van der Waals surface area contributed by atoms with Crippen LogP contribution in [0.4, 0.5) is 5.69 Å². The highest BCUT2D eigenvalue weighted by Gasteiger charge is 2.36. The van der Waals surface area contributed by atoms with Crippen LogP contribution in [0.2, 0.25) is 0 Å². The Hall–Kier alpha value is -1.51. The van der Waals surface area contributed by atoms with Crippen LogP contribution in [0.5, 0.6) is 0 Å². The summed E-state index contributed by atoms with van der Waals surface area (Å²) in [5.74, 6) is 0.141. The summed E-state index contributed by atoms with van der Waals surface area (Å²) in [6, 6.07) is 5.95. The number of nitrogens with zero attached hydrogens (tertiary/aromatic N) is 1. The molecule has 0 unspecified atom stereocenters. The van der Waals surface area contributed by atoms with E-state index < -0.39 is 0 Å². The van der Waals surface area contributed by atoms with E-state index in [1.54, 1.807) is 0 Å². The van der Waals surface area contributed by atoms with Gasteiger partial charge in [0.25, 0.3) is 5.91 Å². The lowest BCUT2D eigenvalue weighted by Gasteiger charge is -2.32. The van der Waals surface area contributed by atoms with Crippen LogP contribution in [-0.2, 0) is 0 Å². The van der Waals surface area contributed by atoms with E-state index in [1.165, 1.54) is 0 Å². The average Bonchev–Trinajstić information content (AvgIpc) is 2.68. The lowest BCUT2D eigenvalue weighted by molar-refractivity contribution is 0.0653. The maximum atomic E-state index is 12.6. The number of likely N-dealkylation sites (tertiary alicyclic amines) is 1. The average molecular weight is 246 g/mol. The van der Waals surface area contributed by atoms with Gasteiger partial charge in [0.1, 0.15) is 0 Å². The van der Waals surface area contributed by atoms with Gasteiger partial charge in [-0.15, -0.1) is 0 Å². The third-order valence-corrected chi connectivity index (χ3v) is 3.82. The highest BCUT2D eigenvalue weighted by atomic mass is 16.2. The molecule has 3 heteroatoms. The first-order chi connectivity index (χ1) is 8.45. The third kappa shape index (κ3) is 2.22. The number of anilines is 1. The van der Waals surface area contributed by atoms with Gasteiger partial charge < -0.3 is 10.2 Å². The fraction of sp³-hybridized carbons (Fsp3) is 0.533. The Morgan fingerprint density at radius 2 is 2.11 bits per heavy atom. The lowest BCUT2D eigenvalue weighted by atomic mass is 10.0. The fourth-order valence-corrected chi connectivity index (χ4v) is 2.68. The maximum absolute atomic E-state index is 12.6. The minimum absolute atomic E-state index is 0.0209. The monoisotopic (exact) mass is 246 g/mol. The SMILES string of the molecule is CNc1cc(C)ccc1C(=O)N1CCCC1(C)C. The van der Waals surface area contributed by atoms with Gasteiger partial charge in [0.05, 0.1) is 5.56 Å². The van der Waals surface area contributed by atoms with Crippen molar-refractivity contribution in [1.82, 2.24) is 4.90 Å². The first-order valence-corrected chi connectivity index (χ1v) is 6.56. The molecule has 0 bridgehead atoms. The first kappa shape index (κ1) is 12.9. The molecular weight excluding hydrogens is 224 g/mol. The van der Waals surface area contributed by atoms with Crippen LogP contribution in [0, 0.1) is 6.92 Å². The second-order valence-corrected chi connectivity index (χ2v) is 5.67. The van der Waals surface area contributed by atoms with Crippen LogP contribution >= 0.6 is 0 Å². The predicted octanol–water partition coefficient (Wildman–Crippen LogP) is 3.05. The number of amides is 1. The quantitative estimate of drug-likeness (QED) is 0.870. The number of hydrogen-bond acceptors (Lipinski definition) is 2. The van der Waals surface area contributed by atoms with Gasteiger partial charge in [0.2, 0.25) is 0 Å². The van der Waals surface area contributed by atoms with Gasteiger partial charge in [-0.25, -0.2) is 0 Å². The normalized spacial score (nSPS) is 17.9. The summed E-state index contributed by atoms with van der Waals surface area (Å²) in [7, 11) is 1.86. The summed E-state index contributed by atoms with van der Waals surface area (Å²) in [5.41, 5.74) is 2.84. The molecule has 2 rings (SSSR count). The van der Waals surface area contributed by atoms with Gasteiger partial charge in [-0.1, -0.05) is 6.07 Å². The second-order valence-electron chi connectivity index (χ2n) is 5.67. The summed E-state index contributed by atoms with van der Waals surface area (Å²) in [6.45, 7) is 7.19. The molecule has 1 N–H and O–H groups in total. The Balaban J connectivity index is 2.34. The standard InChI is InChI=1S/C15H22N2O/c1-11-6-7-12(13(10-11)16-4)14(18)17-9-5-8-15(17,2)3/h6-7,10,16H,5,8-9H2,1-4H3. The summed E-state index contributed by atoms with van der Waals surface area (Å²) in [6.07, 6.45) is 2.18. The van der Waals surface area contributed by atoms with Crippen molar-refractivity contribution in [3.8, 4) is 0 Å². The largest absolute Gasteiger partial charge is 0.387 e. The molecular formula is C15H22N2O. The van der Waals surface area contributed by atoms with Crippen LogP contribution < -0.4 is 5.32 Å². The predicted molar refractivity (Wildman–Crippen MR) is 75.1 cm³/mol. The fourth-order valence-electron chi connectivity index (χ4n) is 2.68. The van der Waals surface area contributed by atoms with E-state index in [9.17, 15) is 4.79 Å². The molecule has 1 aromatic rings. The van der Waals surface area contributed by atoms with Gasteiger partial charge in [0, 0.05) is 24.8 Å². The van der Waals surface area contributed by atoms with Crippen molar-refractivity contribution in [2.24, 2.45) is 0 Å². The van der Waals surface area contributed by atoms with Crippen LogP contribution in [0.15, 0.2) is 18.2 Å². The van der Waals surface area contributed by atoms with Crippen LogP contribution in [-0.4, -0.2) is 29.9 Å². The van der Waals surface area contributed by atoms with Crippen molar-refractivity contribution in [2.45, 2.75) is 39.2 Å². The number of hydrogen-bond donors (Lipinski definition) is 1. The highest BCUT2D eigenvalue weighted by Crippen LogP contribution is 2.31. The first-order valence-electron chi connectivity index (χ1n) is 6.56. The molecule has 1 aliphatic rings. The zero-order valence-corrected chi connectivity index (χ0v) is 11.7. The number of aryl methyl sites for hydroxylation is 1. The Morgan fingerprint density at radius 3 is 2.67 bits per heavy atom. The molecule has 0 saturated carbocycles. The van der Waals surface area contributed by atoms with Gasteiger partial charge in [-0.05, 0) is 51.3 Å². The van der Waals surface area contributed by atoms with Gasteiger partial charge in [-0.2, -0.15) is 0 Å². The van der Waals surface area contributed by atoms with Crippen LogP contribution in [0.25, 0.3) is 0 Å². The van der Waals surface area contributed by atoms with Crippen molar-refractivity contribution in [3.63, 3.8) is 0 Å². The number of nitrogens with one attached hydrogen (secondary N) is 1. The maximum Gasteiger partial charge on any atom is 0.256 e. The smallest absolute Gasteiger partial charge is 0.256 e. The third-order valence-electron chi connectivity index (χ3n) is 3.82. The minimum Gasteiger partial charge on any atom is -0.387 e. The molecule has 1 fully saturated rings. The van der Waals surface area contributed by atoms with E-state index in [0.717, 1.165) is 36.2 Å². The molecule has 1 heterocycles. The van der Waals surface area contributed by atoms with E-state index in [-0.39, 0.29) is 11.4 Å². The van der Waals surface area contributed by atoms with Gasteiger partial charge >= 0.3 is 0 Å². The van der Waals surface area contributed by atoms with Gasteiger partial charge in [-0.3, -0.25) is 4.79 Å². The molecule has 1 aliphatic heterocycles. The number of carbonyl (C=O) groups is 1. The van der Waals surface area contributed by atoms with Crippen molar-refractivity contribution in [1.29, 1.82) is 0 Å². The van der Waals surface area contributed by atoms with Crippen molar-refractivity contribution >= 4 is 11.6 Å². The summed E-state index contributed by atoms with van der Waals surface area (Å²) >= 11 is 0. The number of rotatable bonds is 2. The molecule has 3 nitrogen and oxygen atoms in total. The Bertz CT molecular complexity index is 466. The molecule has 1 aromatic carbocycles. The number of benzene rings is 1. The van der Waals surface area contributed by atoms with Crippen molar-refractivity contribution in [2.75, 3.05) is 18.9 Å². The van der Waals surface area contributed by atoms with E-state index in [4.69, 9.17) is 0 Å². The number of carbonyl (C=O) groups excluding carboxylic acids is 1. The molecule has 0 aromatic heterocycles. The molecule has 18 heavy (non-hydrogen) atoms. The Labute approximate surface area is 109 Å². The van der Waals surface area contributed by atoms with Crippen LogP contribution in [0.1, 0.15) is 42.6 Å². The lowest BCUT2D eigenvalue weighted by Crippen LogP contribution is -2.42. The molecule has 98 valence electrons. The highest BCUT2D eigenvalue weighted by molar-refractivity contribution is 6.00. The summed E-state index contributed by atoms with van der Waals surface area (Å²) < 4.78 is 0. The van der Waals surface area contributed by atoms with Gasteiger partial charge in [0.15, 0.2) is 0 Å². The molecule has 0 radical (unpaired) electrons. The topological polar surface area (TPSA) is 32.3 Å². The second kappa shape index (κ2) is 4.63. The molecule has 0 spiro atoms. The van der Waals surface area contributed by atoms with E-state index in [0.29, 0.717) is 0 Å². The summed E-state index contributed by atoms with van der Waals surface area (Å²) in [5, 5.41) is 3.12. The van der Waals surface area contributed by atoms with E-state index >= 15 is 0 Å². The molecule has 0 atom stereocenters. The zero-order valence-electron chi connectivity index (χ0n) is 11.7. The van der Waals surface area contributed by atoms with Crippen LogP contribution in [0.3, 0.4) is 0 Å². The van der Waals surface area contributed by atoms with Crippen molar-refractivity contribution < 1.29 is 4.79 Å². The van der Waals surface area contributed by atoms with E-state index in [1.807, 2.05) is 37.1 Å². The van der Waals surface area contributed by atoms with E-state index in [2.05, 4.69) is 19.2 Å². The minimum atomic E-state index is -0.0209. The Kier molecular flexibility index (Phi) is 3.33. The van der Waals surface area contributed by atoms with Crippen molar-refractivity contribution in [3.05, 3.63) is 29.3 Å².